The van der Waals surface area contributed by atoms with Gasteiger partial charge in [0, 0.05) is 5.54 Å². The Bertz CT molecular complexity index is 482. The molecule has 1 aromatic carbocycles. The first-order valence-corrected chi connectivity index (χ1v) is 6.95. The van der Waals surface area contributed by atoms with Gasteiger partial charge in [-0.1, -0.05) is 30.3 Å². The van der Waals surface area contributed by atoms with E-state index in [0.717, 1.165) is 5.56 Å². The van der Waals surface area contributed by atoms with Crippen LogP contribution in [0.25, 0.3) is 0 Å². The molecule has 1 aromatic rings. The Kier molecular flexibility index (Phi) is 3.89. The van der Waals surface area contributed by atoms with E-state index in [0.29, 0.717) is 13.0 Å². The first-order chi connectivity index (χ1) is 9.25. The fraction of sp³-hybridized carbons (Fsp3) is 0.562. The minimum absolute atomic E-state index is 0.290. The van der Waals surface area contributed by atoms with Gasteiger partial charge in [-0.2, -0.15) is 5.06 Å². The maximum atomic E-state index is 11.4. The molecule has 0 amide bonds. The first-order valence-electron chi connectivity index (χ1n) is 6.95. The summed E-state index contributed by atoms with van der Waals surface area (Å²) in [7, 11) is 0. The molecule has 110 valence electrons. The summed E-state index contributed by atoms with van der Waals surface area (Å²) >= 11 is 0. The molecule has 0 bridgehead atoms. The van der Waals surface area contributed by atoms with E-state index in [1.165, 1.54) is 0 Å². The monoisotopic (exact) mass is 277 g/mol. The van der Waals surface area contributed by atoms with Gasteiger partial charge >= 0.3 is 5.97 Å². The van der Waals surface area contributed by atoms with Crippen molar-refractivity contribution >= 4 is 5.97 Å². The van der Waals surface area contributed by atoms with Gasteiger partial charge in [0.2, 0.25) is 0 Å². The van der Waals surface area contributed by atoms with Crippen LogP contribution in [0.3, 0.4) is 0 Å². The molecule has 0 spiro atoms. The smallest absolute Gasteiger partial charge is 0.308 e. The molecule has 0 saturated carbocycles. The third-order valence-corrected chi connectivity index (χ3v) is 4.13. The molecular formula is C16H23NO3. The second-order valence-electron chi connectivity index (χ2n) is 6.61. The van der Waals surface area contributed by atoms with Gasteiger partial charge in [0.15, 0.2) is 0 Å². The number of nitrogens with zero attached hydrogens (tertiary/aromatic N) is 1. The summed E-state index contributed by atoms with van der Waals surface area (Å²) in [5, 5.41) is 11.3. The number of carbonyl (C=O) groups is 1. The fourth-order valence-corrected chi connectivity index (χ4v) is 3.20. The summed E-state index contributed by atoms with van der Waals surface area (Å²) in [6, 6.07) is 9.92. The molecule has 4 nitrogen and oxygen atoms in total. The summed E-state index contributed by atoms with van der Waals surface area (Å²) in [6.45, 7) is 8.39. The number of carboxylic acid groups (broad SMARTS) is 1. The summed E-state index contributed by atoms with van der Waals surface area (Å²) in [6.07, 6.45) is 0.587. The minimum Gasteiger partial charge on any atom is -0.481 e. The Labute approximate surface area is 120 Å². The van der Waals surface area contributed by atoms with Gasteiger partial charge in [-0.05, 0) is 39.7 Å². The zero-order valence-corrected chi connectivity index (χ0v) is 12.6. The van der Waals surface area contributed by atoms with Crippen molar-refractivity contribution in [2.45, 2.75) is 51.8 Å². The molecule has 0 aliphatic carbocycles. The lowest BCUT2D eigenvalue weighted by Crippen LogP contribution is -2.50. The number of rotatable bonds is 4. The van der Waals surface area contributed by atoms with Crippen molar-refractivity contribution in [2.75, 3.05) is 0 Å². The number of hydrogen-bond donors (Lipinski definition) is 1. The molecule has 1 N–H and O–H groups in total. The van der Waals surface area contributed by atoms with Crippen molar-refractivity contribution in [3.8, 4) is 0 Å². The summed E-state index contributed by atoms with van der Waals surface area (Å²) in [5.74, 6) is -1.18. The third kappa shape index (κ3) is 2.72. The van der Waals surface area contributed by atoms with Crippen molar-refractivity contribution in [1.29, 1.82) is 0 Å². The molecule has 4 heteroatoms. The van der Waals surface area contributed by atoms with Crippen LogP contribution in [0.4, 0.5) is 0 Å². The molecule has 1 fully saturated rings. The molecule has 0 radical (unpaired) electrons. The van der Waals surface area contributed by atoms with Gasteiger partial charge in [0.05, 0.1) is 18.1 Å². The van der Waals surface area contributed by atoms with E-state index >= 15 is 0 Å². The van der Waals surface area contributed by atoms with E-state index in [-0.39, 0.29) is 5.54 Å². The zero-order chi connectivity index (χ0) is 15.0. The van der Waals surface area contributed by atoms with Crippen LogP contribution in [0, 0.1) is 5.92 Å². The molecule has 1 aliphatic rings. The van der Waals surface area contributed by atoms with Gasteiger partial charge in [0.1, 0.15) is 0 Å². The minimum atomic E-state index is -0.756. The first kappa shape index (κ1) is 15.0. The number of benzene rings is 1. The maximum absolute atomic E-state index is 11.4. The highest BCUT2D eigenvalue weighted by molar-refractivity contribution is 5.72. The average molecular weight is 277 g/mol. The van der Waals surface area contributed by atoms with Gasteiger partial charge in [-0.3, -0.25) is 9.63 Å². The molecule has 1 aliphatic heterocycles. The zero-order valence-electron chi connectivity index (χ0n) is 12.6. The third-order valence-electron chi connectivity index (χ3n) is 4.13. The second kappa shape index (κ2) is 5.19. The average Bonchev–Trinajstić information content (AvgIpc) is 2.54. The molecule has 1 heterocycles. The van der Waals surface area contributed by atoms with E-state index in [2.05, 4.69) is 0 Å². The predicted molar refractivity (Wildman–Crippen MR) is 77.0 cm³/mol. The lowest BCUT2D eigenvalue weighted by atomic mass is 9.87. The van der Waals surface area contributed by atoms with Crippen molar-refractivity contribution in [2.24, 2.45) is 5.92 Å². The van der Waals surface area contributed by atoms with E-state index in [4.69, 9.17) is 4.84 Å². The summed E-state index contributed by atoms with van der Waals surface area (Å²) in [5.41, 5.74) is 0.267. The highest BCUT2D eigenvalue weighted by Crippen LogP contribution is 2.45. The molecule has 1 saturated heterocycles. The Morgan fingerprint density at radius 2 is 1.90 bits per heavy atom. The Morgan fingerprint density at radius 1 is 1.30 bits per heavy atom. The standard InChI is InChI=1S/C16H23NO3/c1-15(2)10-13(14(18)19)16(3,4)17(15)20-11-12-8-6-5-7-9-12/h5-9,13H,10-11H2,1-4H3,(H,18,19). The largest absolute Gasteiger partial charge is 0.481 e. The van der Waals surface area contributed by atoms with E-state index in [1.807, 2.05) is 63.1 Å². The highest BCUT2D eigenvalue weighted by Gasteiger charge is 2.55. The lowest BCUT2D eigenvalue weighted by Gasteiger charge is -2.39. The van der Waals surface area contributed by atoms with Crippen molar-refractivity contribution in [3.63, 3.8) is 0 Å². The quantitative estimate of drug-likeness (QED) is 0.919. The van der Waals surface area contributed by atoms with E-state index < -0.39 is 17.4 Å². The van der Waals surface area contributed by atoms with Crippen LogP contribution in [0.2, 0.25) is 0 Å². The fourth-order valence-electron chi connectivity index (χ4n) is 3.20. The van der Waals surface area contributed by atoms with Crippen LogP contribution in [-0.4, -0.2) is 27.2 Å². The topological polar surface area (TPSA) is 49.8 Å². The van der Waals surface area contributed by atoms with Gasteiger partial charge in [-0.25, -0.2) is 0 Å². The normalized spacial score (nSPS) is 24.7. The lowest BCUT2D eigenvalue weighted by molar-refractivity contribution is -0.252. The summed E-state index contributed by atoms with van der Waals surface area (Å²) in [4.78, 5) is 17.4. The van der Waals surface area contributed by atoms with Crippen LogP contribution in [0.15, 0.2) is 30.3 Å². The molecule has 1 atom stereocenters. The van der Waals surface area contributed by atoms with Crippen molar-refractivity contribution < 1.29 is 14.7 Å². The molecule has 0 aromatic heterocycles. The van der Waals surface area contributed by atoms with Crippen molar-refractivity contribution in [3.05, 3.63) is 35.9 Å². The Balaban J connectivity index is 2.15. The Morgan fingerprint density at radius 3 is 2.40 bits per heavy atom. The van der Waals surface area contributed by atoms with Gasteiger partial charge in [0.25, 0.3) is 0 Å². The van der Waals surface area contributed by atoms with Crippen LogP contribution in [0.1, 0.15) is 39.7 Å². The SMILES string of the molecule is CC1(C)CC(C(=O)O)C(C)(C)N1OCc1ccccc1. The van der Waals surface area contributed by atoms with Crippen LogP contribution in [-0.2, 0) is 16.2 Å². The molecule has 1 unspecified atom stereocenters. The Hall–Kier alpha value is -1.39. The van der Waals surface area contributed by atoms with Crippen LogP contribution < -0.4 is 0 Å². The van der Waals surface area contributed by atoms with E-state index in [9.17, 15) is 9.90 Å². The number of aliphatic carboxylic acids is 1. The predicted octanol–water partition coefficient (Wildman–Crippen LogP) is 3.08. The molecule has 20 heavy (non-hydrogen) atoms. The van der Waals surface area contributed by atoms with E-state index in [1.54, 1.807) is 0 Å². The molecular weight excluding hydrogens is 254 g/mol. The van der Waals surface area contributed by atoms with Gasteiger partial charge < -0.3 is 5.11 Å². The highest BCUT2D eigenvalue weighted by atomic mass is 16.7. The van der Waals surface area contributed by atoms with Crippen LogP contribution in [0.5, 0.6) is 0 Å². The number of carboxylic acids is 1. The summed E-state index contributed by atoms with van der Waals surface area (Å²) < 4.78 is 0. The van der Waals surface area contributed by atoms with Crippen LogP contribution >= 0.6 is 0 Å². The number of hydrogen-bond acceptors (Lipinski definition) is 3. The maximum Gasteiger partial charge on any atom is 0.308 e. The number of hydroxylamine groups is 2. The van der Waals surface area contributed by atoms with Crippen molar-refractivity contribution in [1.82, 2.24) is 5.06 Å². The second-order valence-corrected chi connectivity index (χ2v) is 6.61. The van der Waals surface area contributed by atoms with Gasteiger partial charge in [-0.15, -0.1) is 0 Å². The molecule has 2 rings (SSSR count).